The lowest BCUT2D eigenvalue weighted by Crippen LogP contribution is -2.24. The van der Waals surface area contributed by atoms with Crippen molar-refractivity contribution in [1.29, 1.82) is 0 Å². The molecule has 0 saturated carbocycles. The molecule has 0 spiro atoms. The molecule has 25 heavy (non-hydrogen) atoms. The van der Waals surface area contributed by atoms with Crippen molar-refractivity contribution in [3.63, 3.8) is 0 Å². The zero-order valence-electron chi connectivity index (χ0n) is 13.4. The molecule has 0 fully saturated rings. The lowest BCUT2D eigenvalue weighted by Gasteiger charge is -2.09. The van der Waals surface area contributed by atoms with Gasteiger partial charge in [-0.3, -0.25) is 14.9 Å². The highest BCUT2D eigenvalue weighted by Gasteiger charge is 2.18. The van der Waals surface area contributed by atoms with Gasteiger partial charge in [-0.2, -0.15) is 0 Å². The number of amides is 1. The average Bonchev–Trinajstić information content (AvgIpc) is 3.01. The molecule has 1 unspecified atom stereocenters. The minimum Gasteiger partial charge on any atom is -0.465 e. The number of hydrogen-bond donors (Lipinski definition) is 1. The van der Waals surface area contributed by atoms with Crippen LogP contribution in [0.3, 0.4) is 0 Å². The van der Waals surface area contributed by atoms with Crippen LogP contribution >= 0.6 is 46.3 Å². The standard InChI is InChI=1S/C15H15Cl2N3O3S2/c1-3-23-12(21)7-24-8(2)13(22)18-15-20-19-14(25-15)10-5-4-9(16)6-11(10)17/h4-6,8H,3,7H2,1-2H3,(H,18,20,22). The number of thioether (sulfide) groups is 1. The van der Waals surface area contributed by atoms with Gasteiger partial charge in [0.25, 0.3) is 0 Å². The van der Waals surface area contributed by atoms with Crippen molar-refractivity contribution in [2.75, 3.05) is 17.7 Å². The number of rotatable bonds is 7. The van der Waals surface area contributed by atoms with E-state index in [1.807, 2.05) is 0 Å². The Bertz CT molecular complexity index is 770. The Hall–Kier alpha value is -1.35. The van der Waals surface area contributed by atoms with Crippen LogP contribution in [0.15, 0.2) is 18.2 Å². The third kappa shape index (κ3) is 5.85. The maximum absolute atomic E-state index is 12.2. The Balaban J connectivity index is 1.96. The van der Waals surface area contributed by atoms with Gasteiger partial charge in [0, 0.05) is 10.6 Å². The van der Waals surface area contributed by atoms with E-state index in [0.29, 0.717) is 32.4 Å². The highest BCUT2D eigenvalue weighted by atomic mass is 35.5. The third-order valence-corrected chi connectivity index (χ3v) is 5.48. The molecular weight excluding hydrogens is 405 g/mol. The number of benzene rings is 1. The van der Waals surface area contributed by atoms with Gasteiger partial charge in [-0.05, 0) is 32.0 Å². The zero-order valence-corrected chi connectivity index (χ0v) is 16.6. The number of carbonyl (C=O) groups excluding carboxylic acids is 2. The number of nitrogens with one attached hydrogen (secondary N) is 1. The quantitative estimate of drug-likeness (QED) is 0.679. The van der Waals surface area contributed by atoms with Crippen LogP contribution in [0.4, 0.5) is 5.13 Å². The molecule has 1 atom stereocenters. The molecule has 1 heterocycles. The van der Waals surface area contributed by atoms with Crippen molar-refractivity contribution in [2.45, 2.75) is 19.1 Å². The molecule has 0 saturated heterocycles. The minimum atomic E-state index is -0.434. The van der Waals surface area contributed by atoms with Gasteiger partial charge in [0.05, 0.1) is 22.6 Å². The Morgan fingerprint density at radius 1 is 1.36 bits per heavy atom. The maximum Gasteiger partial charge on any atom is 0.315 e. The molecule has 1 N–H and O–H groups in total. The van der Waals surface area contributed by atoms with Gasteiger partial charge < -0.3 is 4.74 Å². The maximum atomic E-state index is 12.2. The summed E-state index contributed by atoms with van der Waals surface area (Å²) >= 11 is 14.4. The second-order valence-corrected chi connectivity index (χ2v) is 7.93. The second-order valence-electron chi connectivity index (χ2n) is 4.78. The van der Waals surface area contributed by atoms with Crippen molar-refractivity contribution < 1.29 is 14.3 Å². The number of nitrogens with zero attached hydrogens (tertiary/aromatic N) is 2. The normalized spacial score (nSPS) is 11.8. The molecule has 1 aromatic heterocycles. The molecule has 10 heteroatoms. The summed E-state index contributed by atoms with van der Waals surface area (Å²) in [4.78, 5) is 23.5. The monoisotopic (exact) mass is 419 g/mol. The van der Waals surface area contributed by atoms with Crippen LogP contribution in [-0.2, 0) is 14.3 Å². The summed E-state index contributed by atoms with van der Waals surface area (Å²) < 4.78 is 4.83. The van der Waals surface area contributed by atoms with Gasteiger partial charge in [-0.25, -0.2) is 0 Å². The Kier molecular flexibility index (Phi) is 7.49. The number of esters is 1. The fraction of sp³-hybridized carbons (Fsp3) is 0.333. The molecule has 0 radical (unpaired) electrons. The van der Waals surface area contributed by atoms with Crippen LogP contribution in [0.5, 0.6) is 0 Å². The molecule has 0 aliphatic carbocycles. The van der Waals surface area contributed by atoms with Gasteiger partial charge in [-0.15, -0.1) is 22.0 Å². The first kappa shape index (κ1) is 20.0. The van der Waals surface area contributed by atoms with Crippen molar-refractivity contribution in [1.82, 2.24) is 10.2 Å². The first-order valence-electron chi connectivity index (χ1n) is 7.27. The molecular formula is C15H15Cl2N3O3S2. The molecule has 6 nitrogen and oxygen atoms in total. The molecule has 1 aromatic carbocycles. The van der Waals surface area contributed by atoms with E-state index in [0.717, 1.165) is 0 Å². The fourth-order valence-corrected chi connectivity index (χ4v) is 3.74. The van der Waals surface area contributed by atoms with Crippen LogP contribution in [-0.4, -0.2) is 39.7 Å². The number of anilines is 1. The van der Waals surface area contributed by atoms with Gasteiger partial charge in [0.2, 0.25) is 11.0 Å². The van der Waals surface area contributed by atoms with E-state index in [4.69, 9.17) is 27.9 Å². The fourth-order valence-electron chi connectivity index (χ4n) is 1.72. The Morgan fingerprint density at radius 3 is 2.80 bits per heavy atom. The lowest BCUT2D eigenvalue weighted by molar-refractivity contribution is -0.139. The van der Waals surface area contributed by atoms with Gasteiger partial charge in [-0.1, -0.05) is 34.5 Å². The molecule has 0 aliphatic rings. The van der Waals surface area contributed by atoms with Gasteiger partial charge in [0.1, 0.15) is 0 Å². The summed E-state index contributed by atoms with van der Waals surface area (Å²) in [5.41, 5.74) is 0.689. The van der Waals surface area contributed by atoms with E-state index in [2.05, 4.69) is 15.5 Å². The van der Waals surface area contributed by atoms with Gasteiger partial charge >= 0.3 is 5.97 Å². The third-order valence-electron chi connectivity index (χ3n) is 2.94. The molecule has 134 valence electrons. The summed E-state index contributed by atoms with van der Waals surface area (Å²) in [5, 5.41) is 12.1. The number of ether oxygens (including phenoxy) is 1. The van der Waals surface area contributed by atoms with Crippen molar-refractivity contribution in [3.05, 3.63) is 28.2 Å². The molecule has 2 aromatic rings. The lowest BCUT2D eigenvalue weighted by atomic mass is 10.2. The molecule has 1 amide bonds. The Morgan fingerprint density at radius 2 is 2.12 bits per heavy atom. The number of halogens is 2. The van der Waals surface area contributed by atoms with Crippen molar-refractivity contribution in [2.24, 2.45) is 0 Å². The van der Waals surface area contributed by atoms with E-state index in [1.165, 1.54) is 23.1 Å². The van der Waals surface area contributed by atoms with E-state index >= 15 is 0 Å². The predicted molar refractivity (Wildman–Crippen MR) is 103 cm³/mol. The van der Waals surface area contributed by atoms with E-state index in [1.54, 1.807) is 32.0 Å². The topological polar surface area (TPSA) is 81.2 Å². The minimum absolute atomic E-state index is 0.115. The highest BCUT2D eigenvalue weighted by molar-refractivity contribution is 8.01. The van der Waals surface area contributed by atoms with Crippen LogP contribution in [0.2, 0.25) is 10.0 Å². The molecule has 0 aliphatic heterocycles. The molecule has 0 bridgehead atoms. The van der Waals surface area contributed by atoms with Crippen molar-refractivity contribution >= 4 is 63.3 Å². The van der Waals surface area contributed by atoms with Crippen LogP contribution < -0.4 is 5.32 Å². The smallest absolute Gasteiger partial charge is 0.315 e. The van der Waals surface area contributed by atoms with Crippen LogP contribution in [0, 0.1) is 0 Å². The summed E-state index contributed by atoms with van der Waals surface area (Å²) in [7, 11) is 0. The summed E-state index contributed by atoms with van der Waals surface area (Å²) in [5.74, 6) is -0.494. The van der Waals surface area contributed by atoms with Crippen molar-refractivity contribution in [3.8, 4) is 10.6 Å². The van der Waals surface area contributed by atoms with E-state index < -0.39 is 5.25 Å². The predicted octanol–water partition coefficient (Wildman–Crippen LogP) is 4.14. The number of carbonyl (C=O) groups is 2. The first-order valence-corrected chi connectivity index (χ1v) is 9.89. The number of aromatic nitrogens is 2. The average molecular weight is 420 g/mol. The summed E-state index contributed by atoms with van der Waals surface area (Å²) in [6.07, 6.45) is 0. The largest absolute Gasteiger partial charge is 0.465 e. The zero-order chi connectivity index (χ0) is 18.4. The summed E-state index contributed by atoms with van der Waals surface area (Å²) in [6.45, 7) is 3.76. The van der Waals surface area contributed by atoms with Crippen LogP contribution in [0.25, 0.3) is 10.6 Å². The van der Waals surface area contributed by atoms with E-state index in [-0.39, 0.29) is 17.6 Å². The van der Waals surface area contributed by atoms with Crippen LogP contribution in [0.1, 0.15) is 13.8 Å². The summed E-state index contributed by atoms with van der Waals surface area (Å²) in [6, 6.07) is 5.07. The second kappa shape index (κ2) is 9.38. The molecule has 2 rings (SSSR count). The highest BCUT2D eigenvalue weighted by Crippen LogP contribution is 2.33. The Labute approximate surface area is 163 Å². The van der Waals surface area contributed by atoms with Gasteiger partial charge in [0.15, 0.2) is 5.01 Å². The van der Waals surface area contributed by atoms with E-state index in [9.17, 15) is 9.59 Å². The SMILES string of the molecule is CCOC(=O)CSC(C)C(=O)Nc1nnc(-c2ccc(Cl)cc2Cl)s1. The first-order chi connectivity index (χ1) is 11.9. The number of hydrogen-bond acceptors (Lipinski definition) is 7.